The summed E-state index contributed by atoms with van der Waals surface area (Å²) < 4.78 is 26.7. The summed E-state index contributed by atoms with van der Waals surface area (Å²) >= 11 is 0. The highest BCUT2D eigenvalue weighted by atomic mass is 19.2. The Labute approximate surface area is 155 Å². The molecule has 0 bridgehead atoms. The Bertz CT molecular complexity index is 945. The second-order valence-electron chi connectivity index (χ2n) is 7.05. The van der Waals surface area contributed by atoms with E-state index in [1.807, 2.05) is 0 Å². The molecule has 1 aliphatic carbocycles. The smallest absolute Gasteiger partial charge is 0.224 e. The highest BCUT2D eigenvalue weighted by Crippen LogP contribution is 2.28. The van der Waals surface area contributed by atoms with Crippen LogP contribution < -0.4 is 11.1 Å². The van der Waals surface area contributed by atoms with Crippen LogP contribution in [0.2, 0.25) is 0 Å². The van der Waals surface area contributed by atoms with E-state index in [4.69, 9.17) is 5.73 Å². The summed E-state index contributed by atoms with van der Waals surface area (Å²) in [4.78, 5) is 19.5. The van der Waals surface area contributed by atoms with Gasteiger partial charge in [-0.1, -0.05) is 6.42 Å². The number of H-pyrrole nitrogens is 1. The maximum absolute atomic E-state index is 13.3. The van der Waals surface area contributed by atoms with Crippen molar-refractivity contribution in [1.29, 1.82) is 0 Å². The van der Waals surface area contributed by atoms with Gasteiger partial charge in [0, 0.05) is 35.8 Å². The summed E-state index contributed by atoms with van der Waals surface area (Å²) in [6.07, 6.45) is 3.50. The van der Waals surface area contributed by atoms with Gasteiger partial charge in [0.15, 0.2) is 11.6 Å². The van der Waals surface area contributed by atoms with E-state index in [2.05, 4.69) is 15.3 Å². The fourth-order valence-corrected chi connectivity index (χ4v) is 3.62. The molecule has 0 saturated heterocycles. The van der Waals surface area contributed by atoms with Crippen LogP contribution in [0.3, 0.4) is 0 Å². The molecule has 3 aromatic rings. The number of carbonyl (C=O) groups excluding carboxylic acids is 1. The van der Waals surface area contributed by atoms with Crippen LogP contribution >= 0.6 is 0 Å². The maximum atomic E-state index is 13.3. The second kappa shape index (κ2) is 7.08. The second-order valence-corrected chi connectivity index (χ2v) is 7.05. The number of benzene rings is 2. The molecule has 1 aliphatic rings. The Morgan fingerprint density at radius 1 is 1.19 bits per heavy atom. The predicted octanol–water partition coefficient (Wildman–Crippen LogP) is 3.96. The number of imidazole rings is 1. The van der Waals surface area contributed by atoms with Gasteiger partial charge >= 0.3 is 0 Å². The van der Waals surface area contributed by atoms with Crippen LogP contribution in [0, 0.1) is 17.6 Å². The van der Waals surface area contributed by atoms with Gasteiger partial charge in [0.25, 0.3) is 0 Å². The zero-order valence-corrected chi connectivity index (χ0v) is 14.6. The van der Waals surface area contributed by atoms with Crippen LogP contribution in [0.25, 0.3) is 22.4 Å². The molecule has 0 aliphatic heterocycles. The van der Waals surface area contributed by atoms with Gasteiger partial charge < -0.3 is 16.0 Å². The Morgan fingerprint density at radius 2 is 1.93 bits per heavy atom. The number of aromatic nitrogens is 2. The minimum Gasteiger partial charge on any atom is -0.338 e. The number of halogens is 2. The molecule has 5 nitrogen and oxygen atoms in total. The van der Waals surface area contributed by atoms with E-state index >= 15 is 0 Å². The number of nitrogens with zero attached hydrogens (tertiary/aromatic N) is 1. The van der Waals surface area contributed by atoms with Crippen LogP contribution in [0.15, 0.2) is 36.4 Å². The third-order valence-electron chi connectivity index (χ3n) is 5.13. The standard InChI is InChI=1S/C20H20F2N4O/c21-14-9-17-18(10-15(14)22)26-20(25-17)11-4-6-13(7-5-11)24-19(27)8-12-2-1-3-16(12)23/h4-7,9-10,12,16H,1-3,8,23H2,(H,24,27)(H,25,26)/t12-,16+/m0/s1. The fourth-order valence-electron chi connectivity index (χ4n) is 3.62. The van der Waals surface area contributed by atoms with Crippen molar-refractivity contribution in [3.63, 3.8) is 0 Å². The summed E-state index contributed by atoms with van der Waals surface area (Å²) in [5, 5.41) is 2.89. The highest BCUT2D eigenvalue weighted by Gasteiger charge is 2.26. The normalized spacial score (nSPS) is 19.5. The zero-order chi connectivity index (χ0) is 19.0. The number of rotatable bonds is 4. The molecule has 140 valence electrons. The van der Waals surface area contributed by atoms with Crippen molar-refractivity contribution in [3.05, 3.63) is 48.0 Å². The van der Waals surface area contributed by atoms with E-state index in [0.717, 1.165) is 37.0 Å². The lowest BCUT2D eigenvalue weighted by molar-refractivity contribution is -0.117. The van der Waals surface area contributed by atoms with Crippen LogP contribution in [-0.2, 0) is 4.79 Å². The lowest BCUT2D eigenvalue weighted by Crippen LogP contribution is -2.28. The van der Waals surface area contributed by atoms with Crippen molar-refractivity contribution in [2.45, 2.75) is 31.7 Å². The van der Waals surface area contributed by atoms with E-state index in [1.54, 1.807) is 24.3 Å². The monoisotopic (exact) mass is 370 g/mol. The molecule has 4 rings (SSSR count). The first-order valence-corrected chi connectivity index (χ1v) is 9.00. The fraction of sp³-hybridized carbons (Fsp3) is 0.300. The topological polar surface area (TPSA) is 83.8 Å². The zero-order valence-electron chi connectivity index (χ0n) is 14.6. The molecular formula is C20H20F2N4O. The van der Waals surface area contributed by atoms with Crippen LogP contribution in [0.5, 0.6) is 0 Å². The molecule has 2 aromatic carbocycles. The summed E-state index contributed by atoms with van der Waals surface area (Å²) in [5.41, 5.74) is 8.24. The molecule has 1 heterocycles. The van der Waals surface area contributed by atoms with Gasteiger partial charge in [0.1, 0.15) is 5.82 Å². The molecule has 1 aromatic heterocycles. The Kier molecular flexibility index (Phi) is 4.61. The molecule has 1 saturated carbocycles. The van der Waals surface area contributed by atoms with Crippen molar-refractivity contribution in [3.8, 4) is 11.4 Å². The average Bonchev–Trinajstić information content (AvgIpc) is 3.22. The number of aromatic amines is 1. The predicted molar refractivity (Wildman–Crippen MR) is 100 cm³/mol. The molecule has 2 atom stereocenters. The third kappa shape index (κ3) is 3.68. The van der Waals surface area contributed by atoms with E-state index in [1.165, 1.54) is 0 Å². The highest BCUT2D eigenvalue weighted by molar-refractivity contribution is 5.91. The number of fused-ring (bicyclic) bond motifs is 1. The van der Waals surface area contributed by atoms with Crippen molar-refractivity contribution < 1.29 is 13.6 Å². The number of hydrogen-bond acceptors (Lipinski definition) is 3. The van der Waals surface area contributed by atoms with E-state index in [0.29, 0.717) is 29.0 Å². The van der Waals surface area contributed by atoms with E-state index in [9.17, 15) is 13.6 Å². The van der Waals surface area contributed by atoms with Crippen LogP contribution in [0.4, 0.5) is 14.5 Å². The van der Waals surface area contributed by atoms with Gasteiger partial charge in [0.2, 0.25) is 5.91 Å². The molecular weight excluding hydrogens is 350 g/mol. The van der Waals surface area contributed by atoms with Crippen LogP contribution in [-0.4, -0.2) is 21.9 Å². The van der Waals surface area contributed by atoms with Gasteiger partial charge in [-0.05, 0) is 43.0 Å². The van der Waals surface area contributed by atoms with E-state index in [-0.39, 0.29) is 17.9 Å². The summed E-state index contributed by atoms with van der Waals surface area (Å²) in [6.45, 7) is 0. The van der Waals surface area contributed by atoms with Crippen molar-refractivity contribution in [2.75, 3.05) is 5.32 Å². The third-order valence-corrected chi connectivity index (χ3v) is 5.13. The Hall–Kier alpha value is -2.80. The van der Waals surface area contributed by atoms with Gasteiger partial charge in [-0.15, -0.1) is 0 Å². The molecule has 27 heavy (non-hydrogen) atoms. The maximum Gasteiger partial charge on any atom is 0.224 e. The first-order valence-electron chi connectivity index (χ1n) is 9.00. The number of nitrogens with one attached hydrogen (secondary N) is 2. The molecule has 1 amide bonds. The van der Waals surface area contributed by atoms with Gasteiger partial charge in [-0.25, -0.2) is 13.8 Å². The number of carbonyl (C=O) groups is 1. The van der Waals surface area contributed by atoms with Crippen molar-refractivity contribution >= 4 is 22.6 Å². The Morgan fingerprint density at radius 3 is 2.63 bits per heavy atom. The average molecular weight is 370 g/mol. The summed E-state index contributed by atoms with van der Waals surface area (Å²) in [7, 11) is 0. The molecule has 0 radical (unpaired) electrons. The molecule has 0 spiro atoms. The van der Waals surface area contributed by atoms with E-state index < -0.39 is 11.6 Å². The van der Waals surface area contributed by atoms with Crippen molar-refractivity contribution in [2.24, 2.45) is 11.7 Å². The number of amides is 1. The van der Waals surface area contributed by atoms with Gasteiger partial charge in [-0.3, -0.25) is 4.79 Å². The lowest BCUT2D eigenvalue weighted by Gasteiger charge is -2.14. The SMILES string of the molecule is N[C@@H]1CCC[C@H]1CC(=O)Nc1ccc(-c2nc3cc(F)c(F)cc3[nH]2)cc1. The Balaban J connectivity index is 1.46. The first kappa shape index (κ1) is 17.6. The first-order chi connectivity index (χ1) is 13.0. The van der Waals surface area contributed by atoms with Crippen molar-refractivity contribution in [1.82, 2.24) is 9.97 Å². The molecule has 0 unspecified atom stereocenters. The summed E-state index contributed by atoms with van der Waals surface area (Å²) in [5.74, 6) is -1.14. The van der Waals surface area contributed by atoms with Gasteiger partial charge in [-0.2, -0.15) is 0 Å². The quantitative estimate of drug-likeness (QED) is 0.650. The molecule has 7 heteroatoms. The molecule has 1 fully saturated rings. The minimum atomic E-state index is -0.930. The minimum absolute atomic E-state index is 0.0419. The molecule has 4 N–H and O–H groups in total. The largest absolute Gasteiger partial charge is 0.338 e. The number of anilines is 1. The summed E-state index contributed by atoms with van der Waals surface area (Å²) in [6, 6.07) is 9.40. The van der Waals surface area contributed by atoms with Crippen LogP contribution in [0.1, 0.15) is 25.7 Å². The lowest BCUT2D eigenvalue weighted by atomic mass is 10.00. The number of nitrogens with two attached hydrogens (primary N) is 1. The van der Waals surface area contributed by atoms with Gasteiger partial charge in [0.05, 0.1) is 11.0 Å². The number of hydrogen-bond donors (Lipinski definition) is 3.